The summed E-state index contributed by atoms with van der Waals surface area (Å²) in [5, 5.41) is 8.67. The molecule has 1 aromatic rings. The molecule has 0 radical (unpaired) electrons. The molecule has 0 unspecified atom stereocenters. The van der Waals surface area contributed by atoms with Crippen LogP contribution >= 0.6 is 11.3 Å². The molecule has 1 aromatic heterocycles. The summed E-state index contributed by atoms with van der Waals surface area (Å²) in [7, 11) is 0. The topological polar surface area (TPSA) is 50.1 Å². The highest BCUT2D eigenvalue weighted by Gasteiger charge is 2.05. The van der Waals surface area contributed by atoms with Crippen molar-refractivity contribution in [1.29, 1.82) is 5.26 Å². The van der Waals surface area contributed by atoms with Crippen LogP contribution in [0.1, 0.15) is 6.92 Å². The van der Waals surface area contributed by atoms with Gasteiger partial charge in [-0.2, -0.15) is 0 Å². The van der Waals surface area contributed by atoms with Crippen molar-refractivity contribution in [2.75, 3.05) is 0 Å². The molecule has 0 aliphatic heterocycles. The molecule has 0 saturated heterocycles. The van der Waals surface area contributed by atoms with Gasteiger partial charge in [-0.3, -0.25) is 4.79 Å². The van der Waals surface area contributed by atoms with E-state index in [0.29, 0.717) is 15.7 Å². The lowest BCUT2D eigenvalue weighted by Gasteiger charge is -1.93. The van der Waals surface area contributed by atoms with Crippen molar-refractivity contribution in [2.45, 2.75) is 13.5 Å². The third-order valence-corrected chi connectivity index (χ3v) is 2.71. The van der Waals surface area contributed by atoms with Crippen LogP contribution in [-0.2, 0) is 6.54 Å². The van der Waals surface area contributed by atoms with Gasteiger partial charge >= 0.3 is 0 Å². The lowest BCUT2D eigenvalue weighted by molar-refractivity contribution is 0.722. The Morgan fingerprint density at radius 2 is 2.50 bits per heavy atom. The molecule has 0 bridgehead atoms. The first-order valence-electron chi connectivity index (χ1n) is 3.86. The summed E-state index contributed by atoms with van der Waals surface area (Å²) in [6.45, 7) is 12.6. The minimum atomic E-state index is -0.219. The van der Waals surface area contributed by atoms with Crippen LogP contribution in [0.5, 0.6) is 0 Å². The van der Waals surface area contributed by atoms with Crippen LogP contribution in [0.25, 0.3) is 17.1 Å². The summed E-state index contributed by atoms with van der Waals surface area (Å²) < 4.78 is 2.15. The minimum Gasteiger partial charge on any atom is -0.307 e. The summed E-state index contributed by atoms with van der Waals surface area (Å²) in [5.74, 6) is 0. The maximum absolute atomic E-state index is 11.4. The van der Waals surface area contributed by atoms with E-state index < -0.39 is 0 Å². The van der Waals surface area contributed by atoms with Gasteiger partial charge in [0.2, 0.25) is 0 Å². The third kappa shape index (κ3) is 1.46. The van der Waals surface area contributed by atoms with Crippen molar-refractivity contribution < 1.29 is 0 Å². The number of hydrogen-bond acceptors (Lipinski definition) is 3. The summed E-state index contributed by atoms with van der Waals surface area (Å²) in [6.07, 6.45) is 0. The predicted octanol–water partition coefficient (Wildman–Crippen LogP) is -0.109. The lowest BCUT2D eigenvalue weighted by Crippen LogP contribution is -2.30. The molecule has 1 heterocycles. The number of nitriles is 1. The Morgan fingerprint density at radius 1 is 1.86 bits per heavy atom. The summed E-state index contributed by atoms with van der Waals surface area (Å²) in [4.78, 5) is 14.5. The maximum Gasteiger partial charge on any atom is 0.294 e. The Kier molecular flexibility index (Phi) is 2.85. The number of aromatic nitrogens is 1. The van der Waals surface area contributed by atoms with E-state index >= 15 is 0 Å². The first-order valence-corrected chi connectivity index (χ1v) is 4.67. The smallest absolute Gasteiger partial charge is 0.294 e. The first kappa shape index (κ1) is 10.2. The molecule has 0 aliphatic rings. The van der Waals surface area contributed by atoms with Gasteiger partial charge in [0.15, 0.2) is 0 Å². The molecule has 14 heavy (non-hydrogen) atoms. The molecule has 0 spiro atoms. The monoisotopic (exact) mass is 205 g/mol. The predicted molar refractivity (Wildman–Crippen MR) is 54.6 cm³/mol. The van der Waals surface area contributed by atoms with Gasteiger partial charge in [-0.05, 0) is 6.92 Å². The highest BCUT2D eigenvalue weighted by atomic mass is 32.1. The van der Waals surface area contributed by atoms with Gasteiger partial charge in [0.25, 0.3) is 11.3 Å². The molecule has 0 amide bonds. The fraction of sp³-hybridized carbons (Fsp3) is 0.222. The van der Waals surface area contributed by atoms with Crippen molar-refractivity contribution in [2.24, 2.45) is 0 Å². The molecule has 4 nitrogen and oxygen atoms in total. The van der Waals surface area contributed by atoms with Crippen molar-refractivity contribution in [1.82, 2.24) is 4.57 Å². The Hall–Kier alpha value is -1.85. The van der Waals surface area contributed by atoms with Crippen LogP contribution in [0, 0.1) is 17.9 Å². The van der Waals surface area contributed by atoms with Crippen LogP contribution in [0.15, 0.2) is 4.79 Å². The van der Waals surface area contributed by atoms with Crippen molar-refractivity contribution in [3.8, 4) is 6.07 Å². The Bertz CT molecular complexity index is 578. The van der Waals surface area contributed by atoms with Crippen LogP contribution < -0.4 is 14.8 Å². The third-order valence-electron chi connectivity index (χ3n) is 1.69. The molecule has 0 atom stereocenters. The van der Waals surface area contributed by atoms with Crippen molar-refractivity contribution >= 4 is 23.6 Å². The van der Waals surface area contributed by atoms with Crippen LogP contribution in [0.3, 0.4) is 0 Å². The van der Waals surface area contributed by atoms with E-state index in [2.05, 4.69) is 11.4 Å². The van der Waals surface area contributed by atoms with Gasteiger partial charge in [0, 0.05) is 6.54 Å². The van der Waals surface area contributed by atoms with Crippen LogP contribution in [0.2, 0.25) is 0 Å². The quantitative estimate of drug-likeness (QED) is 0.601. The molecular formula is C9H7N3OS. The molecule has 0 aromatic carbocycles. The average Bonchev–Trinajstić information content (AvgIpc) is 2.45. The number of rotatable bonds is 1. The molecule has 1 rings (SSSR count). The molecule has 5 heteroatoms. The number of thiazole rings is 1. The highest BCUT2D eigenvalue weighted by molar-refractivity contribution is 7.07. The fourth-order valence-corrected chi connectivity index (χ4v) is 1.98. The maximum atomic E-state index is 11.4. The van der Waals surface area contributed by atoms with E-state index in [-0.39, 0.29) is 11.3 Å². The van der Waals surface area contributed by atoms with Gasteiger partial charge in [0.05, 0.1) is 17.2 Å². The first-order chi connectivity index (χ1) is 6.65. The summed E-state index contributed by atoms with van der Waals surface area (Å²) in [5.41, 5.74) is -0.271. The zero-order valence-corrected chi connectivity index (χ0v) is 8.39. The van der Waals surface area contributed by atoms with E-state index in [1.165, 1.54) is 4.57 Å². The molecule has 0 aliphatic carbocycles. The molecule has 0 saturated carbocycles. The largest absolute Gasteiger partial charge is 0.307 e. The Morgan fingerprint density at radius 3 is 2.93 bits per heavy atom. The summed E-state index contributed by atoms with van der Waals surface area (Å²) in [6, 6.07) is 1.77. The highest BCUT2D eigenvalue weighted by Crippen LogP contribution is 1.91. The average molecular weight is 205 g/mol. The van der Waals surface area contributed by atoms with E-state index in [0.717, 1.165) is 11.3 Å². The molecule has 0 fully saturated rings. The van der Waals surface area contributed by atoms with Crippen molar-refractivity contribution in [3.63, 3.8) is 0 Å². The number of nitrogens with zero attached hydrogens (tertiary/aromatic N) is 3. The van der Waals surface area contributed by atoms with E-state index in [9.17, 15) is 4.79 Å². The lowest BCUT2D eigenvalue weighted by atomic mass is 10.5. The van der Waals surface area contributed by atoms with E-state index in [4.69, 9.17) is 11.8 Å². The van der Waals surface area contributed by atoms with Crippen molar-refractivity contribution in [3.05, 3.63) is 31.0 Å². The standard InChI is InChI=1S/C9H7N3OS/c1-4-12-8(13)6(2)14-9(12)7(5-10)11-3/h2,4H2,1H3. The van der Waals surface area contributed by atoms with E-state index in [1.54, 1.807) is 13.0 Å². The Labute approximate surface area is 84.5 Å². The van der Waals surface area contributed by atoms with Gasteiger partial charge in [-0.1, -0.05) is 6.58 Å². The molecule has 70 valence electrons. The SMILES string of the molecule is [C-]#[N+]C(C#N)=c1sc(=C)c(=O)n1CC. The minimum absolute atomic E-state index is 0.0520. The van der Waals surface area contributed by atoms with Gasteiger partial charge in [-0.25, -0.2) is 10.1 Å². The molecule has 0 N–H and O–H groups in total. The second-order valence-electron chi connectivity index (χ2n) is 2.45. The van der Waals surface area contributed by atoms with Gasteiger partial charge in [-0.15, -0.1) is 11.3 Å². The van der Waals surface area contributed by atoms with Crippen LogP contribution in [-0.4, -0.2) is 4.57 Å². The number of hydrogen-bond donors (Lipinski definition) is 0. The normalized spacial score (nSPS) is 11.6. The fourth-order valence-electron chi connectivity index (χ4n) is 1.04. The second kappa shape index (κ2) is 3.91. The zero-order chi connectivity index (χ0) is 10.7. The van der Waals surface area contributed by atoms with Gasteiger partial charge < -0.3 is 4.57 Å². The Balaban J connectivity index is 3.88. The summed E-state index contributed by atoms with van der Waals surface area (Å²) >= 11 is 1.09. The van der Waals surface area contributed by atoms with E-state index in [1.807, 2.05) is 0 Å². The zero-order valence-electron chi connectivity index (χ0n) is 7.57. The molecular weight excluding hydrogens is 198 g/mol. The van der Waals surface area contributed by atoms with Gasteiger partial charge in [0.1, 0.15) is 4.66 Å². The van der Waals surface area contributed by atoms with Crippen LogP contribution in [0.4, 0.5) is 0 Å². The second-order valence-corrected chi connectivity index (χ2v) is 3.54.